The van der Waals surface area contributed by atoms with Crippen LogP contribution in [-0.4, -0.2) is 36.5 Å². The molecule has 1 aliphatic heterocycles. The van der Waals surface area contributed by atoms with E-state index < -0.39 is 0 Å². The first-order valence-corrected chi connectivity index (χ1v) is 5.49. The number of carbonyl (C=O) groups is 2. The molecular weight excluding hydrogens is 194 g/mol. The fourth-order valence-corrected chi connectivity index (χ4v) is 1.76. The molecular formula is C11H19NO3. The fourth-order valence-electron chi connectivity index (χ4n) is 1.76. The third-order valence-corrected chi connectivity index (χ3v) is 2.75. The van der Waals surface area contributed by atoms with Crippen LogP contribution in [0.2, 0.25) is 0 Å². The highest BCUT2D eigenvalue weighted by molar-refractivity contribution is 6.03. The van der Waals surface area contributed by atoms with Crippen molar-refractivity contribution in [1.82, 2.24) is 4.90 Å². The molecule has 0 bridgehead atoms. The predicted octanol–water partition coefficient (Wildman–Crippen LogP) is 1.05. The molecule has 15 heavy (non-hydrogen) atoms. The molecule has 1 heterocycles. The lowest BCUT2D eigenvalue weighted by Crippen LogP contribution is -2.34. The van der Waals surface area contributed by atoms with Gasteiger partial charge < -0.3 is 4.74 Å². The van der Waals surface area contributed by atoms with Crippen LogP contribution in [0.25, 0.3) is 0 Å². The van der Waals surface area contributed by atoms with Crippen molar-refractivity contribution in [2.45, 2.75) is 27.2 Å². The van der Waals surface area contributed by atoms with E-state index in [0.29, 0.717) is 26.2 Å². The summed E-state index contributed by atoms with van der Waals surface area (Å²) in [5, 5.41) is 0. The lowest BCUT2D eigenvalue weighted by molar-refractivity contribution is -0.140. The molecule has 1 atom stereocenters. The smallest absolute Gasteiger partial charge is 0.233 e. The third kappa shape index (κ3) is 2.78. The normalized spacial score (nSPS) is 21.9. The molecule has 1 aliphatic rings. The van der Waals surface area contributed by atoms with E-state index in [1.165, 1.54) is 4.90 Å². The Hall–Kier alpha value is -0.900. The van der Waals surface area contributed by atoms with E-state index in [9.17, 15) is 9.59 Å². The van der Waals surface area contributed by atoms with E-state index in [1.54, 1.807) is 0 Å². The maximum atomic E-state index is 11.8. The molecule has 1 rings (SSSR count). The van der Waals surface area contributed by atoms with Crippen molar-refractivity contribution in [2.24, 2.45) is 11.8 Å². The molecule has 86 valence electrons. The van der Waals surface area contributed by atoms with Crippen molar-refractivity contribution in [1.29, 1.82) is 0 Å². The number of ether oxygens (including phenoxy) is 1. The van der Waals surface area contributed by atoms with Crippen LogP contribution in [0.5, 0.6) is 0 Å². The van der Waals surface area contributed by atoms with E-state index in [4.69, 9.17) is 4.74 Å². The average molecular weight is 213 g/mol. The Kier molecular flexibility index (Phi) is 4.27. The number of hydrogen-bond acceptors (Lipinski definition) is 3. The molecule has 1 saturated heterocycles. The number of rotatable bonds is 5. The summed E-state index contributed by atoms with van der Waals surface area (Å²) < 4.78 is 5.14. The Bertz CT molecular complexity index is 250. The Morgan fingerprint density at radius 1 is 1.47 bits per heavy atom. The second kappa shape index (κ2) is 5.26. The SMILES string of the molecule is CCOCCN1C(=O)CC(C(C)C)C1=O. The first-order valence-electron chi connectivity index (χ1n) is 5.49. The minimum absolute atomic E-state index is 0.0327. The second-order valence-corrected chi connectivity index (χ2v) is 4.14. The summed E-state index contributed by atoms with van der Waals surface area (Å²) in [5.41, 5.74) is 0. The van der Waals surface area contributed by atoms with Crippen LogP contribution in [0.4, 0.5) is 0 Å². The molecule has 0 aromatic rings. The molecule has 2 amide bonds. The maximum Gasteiger partial charge on any atom is 0.233 e. The average Bonchev–Trinajstić information content (AvgIpc) is 2.45. The van der Waals surface area contributed by atoms with Gasteiger partial charge in [0.15, 0.2) is 0 Å². The number of hydrogen-bond donors (Lipinski definition) is 0. The molecule has 0 saturated carbocycles. The van der Waals surface area contributed by atoms with Gasteiger partial charge in [0.05, 0.1) is 13.2 Å². The summed E-state index contributed by atoms with van der Waals surface area (Å²) in [7, 11) is 0. The predicted molar refractivity (Wildman–Crippen MR) is 56.2 cm³/mol. The molecule has 0 spiro atoms. The molecule has 0 N–H and O–H groups in total. The standard InChI is InChI=1S/C11H19NO3/c1-4-15-6-5-12-10(13)7-9(8(2)3)11(12)14/h8-9H,4-7H2,1-3H3. The third-order valence-electron chi connectivity index (χ3n) is 2.75. The van der Waals surface area contributed by atoms with Crippen LogP contribution in [0.15, 0.2) is 0 Å². The zero-order valence-corrected chi connectivity index (χ0v) is 9.66. The van der Waals surface area contributed by atoms with Crippen molar-refractivity contribution in [3.63, 3.8) is 0 Å². The van der Waals surface area contributed by atoms with Gasteiger partial charge in [0.1, 0.15) is 0 Å². The highest BCUT2D eigenvalue weighted by atomic mass is 16.5. The van der Waals surface area contributed by atoms with Gasteiger partial charge in [0.2, 0.25) is 11.8 Å². The Morgan fingerprint density at radius 3 is 2.60 bits per heavy atom. The van der Waals surface area contributed by atoms with Crippen LogP contribution < -0.4 is 0 Å². The fraction of sp³-hybridized carbons (Fsp3) is 0.818. The van der Waals surface area contributed by atoms with Gasteiger partial charge in [0.25, 0.3) is 0 Å². The zero-order chi connectivity index (χ0) is 11.4. The minimum Gasteiger partial charge on any atom is -0.380 e. The monoisotopic (exact) mass is 213 g/mol. The molecule has 0 aromatic carbocycles. The van der Waals surface area contributed by atoms with Crippen LogP contribution in [-0.2, 0) is 14.3 Å². The van der Waals surface area contributed by atoms with Gasteiger partial charge in [-0.2, -0.15) is 0 Å². The summed E-state index contributed by atoms with van der Waals surface area (Å²) in [5.74, 6) is 0.0192. The topological polar surface area (TPSA) is 46.6 Å². The van der Waals surface area contributed by atoms with Crippen LogP contribution in [0.3, 0.4) is 0 Å². The van der Waals surface area contributed by atoms with Crippen molar-refractivity contribution >= 4 is 11.8 Å². The van der Waals surface area contributed by atoms with Gasteiger partial charge in [-0.15, -0.1) is 0 Å². The quantitative estimate of drug-likeness (QED) is 0.506. The summed E-state index contributed by atoms with van der Waals surface area (Å²) in [6, 6.07) is 0. The Labute approximate surface area is 90.6 Å². The van der Waals surface area contributed by atoms with Crippen LogP contribution >= 0.6 is 0 Å². The van der Waals surface area contributed by atoms with Gasteiger partial charge in [-0.3, -0.25) is 14.5 Å². The van der Waals surface area contributed by atoms with E-state index in [0.717, 1.165) is 0 Å². The van der Waals surface area contributed by atoms with Gasteiger partial charge in [-0.25, -0.2) is 0 Å². The first kappa shape index (κ1) is 12.2. The summed E-state index contributed by atoms with van der Waals surface area (Å²) in [6.45, 7) is 7.30. The number of carbonyl (C=O) groups excluding carboxylic acids is 2. The Balaban J connectivity index is 2.51. The second-order valence-electron chi connectivity index (χ2n) is 4.14. The van der Waals surface area contributed by atoms with E-state index in [-0.39, 0.29) is 23.7 Å². The van der Waals surface area contributed by atoms with Crippen molar-refractivity contribution in [2.75, 3.05) is 19.8 Å². The molecule has 0 aliphatic carbocycles. The molecule has 1 unspecified atom stereocenters. The molecule has 1 fully saturated rings. The minimum atomic E-state index is -0.126. The van der Waals surface area contributed by atoms with E-state index >= 15 is 0 Å². The van der Waals surface area contributed by atoms with Gasteiger partial charge in [-0.1, -0.05) is 13.8 Å². The lowest BCUT2D eigenvalue weighted by Gasteiger charge is -2.15. The lowest BCUT2D eigenvalue weighted by atomic mass is 9.94. The van der Waals surface area contributed by atoms with E-state index in [2.05, 4.69) is 0 Å². The summed E-state index contributed by atoms with van der Waals surface area (Å²) >= 11 is 0. The van der Waals surface area contributed by atoms with Gasteiger partial charge in [-0.05, 0) is 12.8 Å². The van der Waals surface area contributed by atoms with Crippen LogP contribution in [0.1, 0.15) is 27.2 Å². The largest absolute Gasteiger partial charge is 0.380 e. The van der Waals surface area contributed by atoms with Gasteiger partial charge in [0, 0.05) is 18.9 Å². The first-order chi connectivity index (χ1) is 7.07. The number of likely N-dealkylation sites (tertiary alicyclic amines) is 1. The maximum absolute atomic E-state index is 11.8. The Morgan fingerprint density at radius 2 is 2.13 bits per heavy atom. The summed E-state index contributed by atoms with van der Waals surface area (Å²) in [4.78, 5) is 24.7. The zero-order valence-electron chi connectivity index (χ0n) is 9.66. The number of nitrogens with zero attached hydrogens (tertiary/aromatic N) is 1. The molecule has 0 aromatic heterocycles. The highest BCUT2D eigenvalue weighted by Crippen LogP contribution is 2.25. The van der Waals surface area contributed by atoms with Crippen LogP contribution in [0, 0.1) is 11.8 Å². The van der Waals surface area contributed by atoms with Crippen molar-refractivity contribution in [3.8, 4) is 0 Å². The van der Waals surface area contributed by atoms with Gasteiger partial charge >= 0.3 is 0 Å². The number of imide groups is 1. The molecule has 4 nitrogen and oxygen atoms in total. The van der Waals surface area contributed by atoms with E-state index in [1.807, 2.05) is 20.8 Å². The molecule has 0 radical (unpaired) electrons. The van der Waals surface area contributed by atoms with Crippen molar-refractivity contribution < 1.29 is 14.3 Å². The van der Waals surface area contributed by atoms with Crippen molar-refractivity contribution in [3.05, 3.63) is 0 Å². The number of amides is 2. The molecule has 4 heteroatoms. The highest BCUT2D eigenvalue weighted by Gasteiger charge is 2.39. The summed E-state index contributed by atoms with van der Waals surface area (Å²) in [6.07, 6.45) is 0.364.